The summed E-state index contributed by atoms with van der Waals surface area (Å²) < 4.78 is 0. The van der Waals surface area contributed by atoms with Gasteiger partial charge in [-0.3, -0.25) is 19.2 Å². The number of nitrogens with one attached hydrogen (secondary N) is 3. The van der Waals surface area contributed by atoms with E-state index >= 15 is 0 Å². The lowest BCUT2D eigenvalue weighted by Gasteiger charge is -2.23. The van der Waals surface area contributed by atoms with E-state index in [1.54, 1.807) is 25.1 Å². The van der Waals surface area contributed by atoms with Crippen LogP contribution < -0.4 is 16.0 Å². The Hall–Kier alpha value is -3.67. The number of carboxylic acids is 1. The fraction of sp³-hybridized carbons (Fsp3) is 0.381. The molecule has 0 aliphatic heterocycles. The van der Waals surface area contributed by atoms with E-state index in [0.29, 0.717) is 12.7 Å². The first-order valence-electron chi connectivity index (χ1n) is 9.39. The molecule has 1 aromatic carbocycles. The number of aldehydes is 1. The van der Waals surface area contributed by atoms with Gasteiger partial charge in [-0.15, -0.1) is 12.3 Å². The Labute approximate surface area is 174 Å². The third-order valence-corrected chi connectivity index (χ3v) is 4.08. The first-order valence-corrected chi connectivity index (χ1v) is 9.39. The van der Waals surface area contributed by atoms with Crippen molar-refractivity contribution < 1.29 is 29.1 Å². The molecule has 3 atom stereocenters. The highest BCUT2D eigenvalue weighted by molar-refractivity contribution is 5.99. The van der Waals surface area contributed by atoms with Crippen LogP contribution in [0.1, 0.15) is 43.0 Å². The molecule has 0 spiro atoms. The zero-order chi connectivity index (χ0) is 22.5. The van der Waals surface area contributed by atoms with Crippen LogP contribution in [0.5, 0.6) is 0 Å². The Kier molecular flexibility index (Phi) is 10.3. The maximum absolute atomic E-state index is 12.6. The predicted molar refractivity (Wildman–Crippen MR) is 108 cm³/mol. The molecule has 0 saturated carbocycles. The van der Waals surface area contributed by atoms with Crippen molar-refractivity contribution in [1.29, 1.82) is 0 Å². The SMILES string of the molecule is C#CC[C@@H](C=O)NC(=O)[C@H](CCC)NC(=O)[C@H](CC(=O)O)NC(=O)c1ccccc1. The van der Waals surface area contributed by atoms with Crippen molar-refractivity contribution in [2.24, 2.45) is 0 Å². The summed E-state index contributed by atoms with van der Waals surface area (Å²) in [5, 5.41) is 16.4. The maximum atomic E-state index is 12.6. The Morgan fingerprint density at radius 1 is 1.07 bits per heavy atom. The molecule has 0 radical (unpaired) electrons. The second-order valence-corrected chi connectivity index (χ2v) is 6.50. The fourth-order valence-corrected chi connectivity index (χ4v) is 2.59. The summed E-state index contributed by atoms with van der Waals surface area (Å²) in [6.07, 6.45) is 5.74. The van der Waals surface area contributed by atoms with E-state index in [2.05, 4.69) is 21.9 Å². The van der Waals surface area contributed by atoms with Crippen molar-refractivity contribution in [3.05, 3.63) is 35.9 Å². The van der Waals surface area contributed by atoms with Gasteiger partial charge in [-0.1, -0.05) is 31.5 Å². The molecule has 0 aliphatic carbocycles. The number of hydrogen-bond donors (Lipinski definition) is 4. The molecule has 9 nitrogen and oxygen atoms in total. The van der Waals surface area contributed by atoms with E-state index < -0.39 is 48.2 Å². The lowest BCUT2D eigenvalue weighted by molar-refractivity contribution is -0.140. The van der Waals surface area contributed by atoms with Crippen LogP contribution in [0.4, 0.5) is 0 Å². The Morgan fingerprint density at radius 2 is 1.70 bits per heavy atom. The average Bonchev–Trinajstić information content (AvgIpc) is 2.72. The van der Waals surface area contributed by atoms with Crippen LogP contribution >= 0.6 is 0 Å². The number of amides is 3. The zero-order valence-electron chi connectivity index (χ0n) is 16.6. The molecule has 0 bridgehead atoms. The van der Waals surface area contributed by atoms with E-state index in [-0.39, 0.29) is 18.4 Å². The van der Waals surface area contributed by atoms with Gasteiger partial charge in [0, 0.05) is 12.0 Å². The molecule has 0 saturated heterocycles. The molecule has 3 amide bonds. The van der Waals surface area contributed by atoms with Gasteiger partial charge in [0.2, 0.25) is 11.8 Å². The third kappa shape index (κ3) is 8.14. The van der Waals surface area contributed by atoms with Gasteiger partial charge in [0.25, 0.3) is 5.91 Å². The summed E-state index contributed by atoms with van der Waals surface area (Å²) >= 11 is 0. The number of aliphatic carboxylic acids is 1. The second-order valence-electron chi connectivity index (χ2n) is 6.50. The molecule has 30 heavy (non-hydrogen) atoms. The van der Waals surface area contributed by atoms with Crippen molar-refractivity contribution in [2.45, 2.75) is 50.7 Å². The van der Waals surface area contributed by atoms with Gasteiger partial charge in [-0.2, -0.15) is 0 Å². The van der Waals surface area contributed by atoms with Gasteiger partial charge in [-0.05, 0) is 18.6 Å². The summed E-state index contributed by atoms with van der Waals surface area (Å²) in [7, 11) is 0. The maximum Gasteiger partial charge on any atom is 0.305 e. The second kappa shape index (κ2) is 12.7. The van der Waals surface area contributed by atoms with Crippen molar-refractivity contribution in [2.75, 3.05) is 0 Å². The van der Waals surface area contributed by atoms with Crippen LogP contribution in [0.15, 0.2) is 30.3 Å². The molecule has 9 heteroatoms. The predicted octanol–water partition coefficient (Wildman–Crippen LogP) is 0.252. The van der Waals surface area contributed by atoms with Crippen LogP contribution in [0, 0.1) is 12.3 Å². The molecule has 0 aliphatic rings. The van der Waals surface area contributed by atoms with E-state index in [1.165, 1.54) is 12.1 Å². The number of rotatable bonds is 12. The van der Waals surface area contributed by atoms with E-state index in [9.17, 15) is 24.0 Å². The highest BCUT2D eigenvalue weighted by Gasteiger charge is 2.29. The zero-order valence-corrected chi connectivity index (χ0v) is 16.6. The highest BCUT2D eigenvalue weighted by Crippen LogP contribution is 2.04. The van der Waals surface area contributed by atoms with Crippen molar-refractivity contribution in [3.63, 3.8) is 0 Å². The monoisotopic (exact) mass is 415 g/mol. The Morgan fingerprint density at radius 3 is 2.23 bits per heavy atom. The van der Waals surface area contributed by atoms with Gasteiger partial charge in [0.15, 0.2) is 0 Å². The summed E-state index contributed by atoms with van der Waals surface area (Å²) in [4.78, 5) is 59.6. The number of carbonyl (C=O) groups is 5. The van der Waals surface area contributed by atoms with Crippen LogP contribution in [-0.2, 0) is 19.2 Å². The largest absolute Gasteiger partial charge is 0.481 e. The van der Waals surface area contributed by atoms with Crippen LogP contribution in [0.2, 0.25) is 0 Å². The molecular weight excluding hydrogens is 390 g/mol. The Balaban J connectivity index is 2.90. The molecule has 1 aromatic rings. The number of benzene rings is 1. The van der Waals surface area contributed by atoms with Crippen molar-refractivity contribution in [1.82, 2.24) is 16.0 Å². The normalized spacial score (nSPS) is 13.1. The lowest BCUT2D eigenvalue weighted by atomic mass is 10.1. The highest BCUT2D eigenvalue weighted by atomic mass is 16.4. The van der Waals surface area contributed by atoms with Crippen LogP contribution in [0.25, 0.3) is 0 Å². The first-order chi connectivity index (χ1) is 14.3. The van der Waals surface area contributed by atoms with Crippen molar-refractivity contribution >= 4 is 30.0 Å². The van der Waals surface area contributed by atoms with E-state index in [4.69, 9.17) is 11.5 Å². The lowest BCUT2D eigenvalue weighted by Crippen LogP contribution is -2.55. The Bertz CT molecular complexity index is 803. The summed E-state index contributed by atoms with van der Waals surface area (Å²) in [6, 6.07) is 4.69. The number of terminal acetylenes is 1. The van der Waals surface area contributed by atoms with Gasteiger partial charge < -0.3 is 25.9 Å². The van der Waals surface area contributed by atoms with Gasteiger partial charge in [0.1, 0.15) is 18.4 Å². The molecule has 1 rings (SSSR count). The average molecular weight is 415 g/mol. The number of carbonyl (C=O) groups excluding carboxylic acids is 4. The quantitative estimate of drug-likeness (QED) is 0.285. The number of carboxylic acid groups (broad SMARTS) is 1. The summed E-state index contributed by atoms with van der Waals surface area (Å²) in [6.45, 7) is 1.79. The summed E-state index contributed by atoms with van der Waals surface area (Å²) in [5.41, 5.74) is 0.256. The van der Waals surface area contributed by atoms with E-state index in [1.807, 2.05) is 0 Å². The summed E-state index contributed by atoms with van der Waals surface area (Å²) in [5.74, 6) is -1.10. The van der Waals surface area contributed by atoms with Crippen LogP contribution in [-0.4, -0.2) is 53.2 Å². The van der Waals surface area contributed by atoms with Gasteiger partial charge in [0.05, 0.1) is 12.5 Å². The van der Waals surface area contributed by atoms with Crippen molar-refractivity contribution in [3.8, 4) is 12.3 Å². The molecule has 160 valence electrons. The molecular formula is C21H25N3O6. The fourth-order valence-electron chi connectivity index (χ4n) is 2.59. The van der Waals surface area contributed by atoms with Gasteiger partial charge >= 0.3 is 5.97 Å². The smallest absolute Gasteiger partial charge is 0.305 e. The molecule has 0 fully saturated rings. The third-order valence-electron chi connectivity index (χ3n) is 4.08. The van der Waals surface area contributed by atoms with Gasteiger partial charge in [-0.25, -0.2) is 0 Å². The standard InChI is InChI=1S/C21H25N3O6/c1-3-8-15(13-25)22-20(29)16(9-4-2)23-21(30)17(12-18(26)27)24-19(28)14-10-6-5-7-11-14/h1,5-7,10-11,13,15-17H,4,8-9,12H2,2H3,(H,22,29)(H,23,30)(H,24,28)(H,26,27)/t15-,16-,17-/m0/s1. The van der Waals surface area contributed by atoms with E-state index in [0.717, 1.165) is 0 Å². The van der Waals surface area contributed by atoms with Crippen LogP contribution in [0.3, 0.4) is 0 Å². The minimum Gasteiger partial charge on any atom is -0.481 e. The topological polar surface area (TPSA) is 142 Å². The molecule has 0 aromatic heterocycles. The first kappa shape index (κ1) is 24.4. The minimum absolute atomic E-state index is 0.00317. The molecule has 4 N–H and O–H groups in total. The number of hydrogen-bond acceptors (Lipinski definition) is 5. The molecule has 0 heterocycles. The minimum atomic E-state index is -1.39. The molecule has 0 unspecified atom stereocenters.